The second kappa shape index (κ2) is 8.95. The van der Waals surface area contributed by atoms with Gasteiger partial charge in [-0.25, -0.2) is 9.18 Å². The van der Waals surface area contributed by atoms with Crippen LogP contribution in [0.25, 0.3) is 27.5 Å². The van der Waals surface area contributed by atoms with E-state index in [0.29, 0.717) is 18.5 Å². The first-order valence-electron chi connectivity index (χ1n) is 11.8. The maximum atomic E-state index is 14.4. The van der Waals surface area contributed by atoms with E-state index in [1.165, 1.54) is 13.2 Å². The molecule has 2 aromatic heterocycles. The molecule has 1 aliphatic rings. The number of aromatic nitrogens is 3. The Bertz CT molecular complexity index is 1510. The highest BCUT2D eigenvalue weighted by Gasteiger charge is 2.37. The highest BCUT2D eigenvalue weighted by Crippen LogP contribution is 2.45. The fourth-order valence-corrected chi connectivity index (χ4v) is 5.34. The first-order chi connectivity index (χ1) is 17.2. The maximum Gasteiger partial charge on any atom is 0.332 e. The van der Waals surface area contributed by atoms with Crippen molar-refractivity contribution in [3.8, 4) is 17.5 Å². The summed E-state index contributed by atoms with van der Waals surface area (Å²) in [6.45, 7) is 4.28. The number of hydrogen-bond donors (Lipinski definition) is 2. The van der Waals surface area contributed by atoms with Crippen LogP contribution in [0.15, 0.2) is 36.5 Å². The number of rotatable bonds is 6. The van der Waals surface area contributed by atoms with E-state index in [-0.39, 0.29) is 24.7 Å². The number of aliphatic carboxylic acids is 1. The molecule has 3 heterocycles. The molecule has 36 heavy (non-hydrogen) atoms. The minimum Gasteiger partial charge on any atom is -0.494 e. The van der Waals surface area contributed by atoms with Gasteiger partial charge < -0.3 is 19.1 Å². The fourth-order valence-electron chi connectivity index (χ4n) is 5.34. The molecule has 1 unspecified atom stereocenters. The van der Waals surface area contributed by atoms with Gasteiger partial charge >= 0.3 is 5.97 Å². The Morgan fingerprint density at radius 3 is 2.83 bits per heavy atom. The molecule has 2 N–H and O–H groups in total. The van der Waals surface area contributed by atoms with E-state index < -0.39 is 23.3 Å². The Labute approximate surface area is 207 Å². The Balaban J connectivity index is 1.84. The van der Waals surface area contributed by atoms with E-state index >= 15 is 0 Å². The van der Waals surface area contributed by atoms with Gasteiger partial charge in [-0.3, -0.25) is 5.10 Å². The summed E-state index contributed by atoms with van der Waals surface area (Å²) in [6, 6.07) is 11.1. The van der Waals surface area contributed by atoms with Gasteiger partial charge in [-0.2, -0.15) is 10.4 Å². The highest BCUT2D eigenvalue weighted by atomic mass is 19.1. The number of aromatic amines is 1. The molecule has 0 spiro atoms. The molecule has 2 aromatic carbocycles. The highest BCUT2D eigenvalue weighted by molar-refractivity contribution is 5.99. The number of methoxy groups -OCH3 is 1. The molecule has 0 aliphatic carbocycles. The van der Waals surface area contributed by atoms with E-state index in [0.717, 1.165) is 33.1 Å². The molecule has 0 saturated carbocycles. The van der Waals surface area contributed by atoms with Crippen molar-refractivity contribution in [2.45, 2.75) is 50.5 Å². The lowest BCUT2D eigenvalue weighted by Gasteiger charge is -2.32. The molecule has 0 bridgehead atoms. The van der Waals surface area contributed by atoms with E-state index in [9.17, 15) is 19.6 Å². The number of fused-ring (bicyclic) bond motifs is 2. The Kier molecular flexibility index (Phi) is 5.92. The van der Waals surface area contributed by atoms with Gasteiger partial charge in [-0.15, -0.1) is 0 Å². The van der Waals surface area contributed by atoms with Crippen molar-refractivity contribution in [1.29, 1.82) is 5.26 Å². The summed E-state index contributed by atoms with van der Waals surface area (Å²) in [5.41, 5.74) is 3.79. The molecule has 4 aromatic rings. The summed E-state index contributed by atoms with van der Waals surface area (Å²) in [5.74, 6) is -1.39. The largest absolute Gasteiger partial charge is 0.494 e. The Hall–Kier alpha value is -3.90. The summed E-state index contributed by atoms with van der Waals surface area (Å²) in [5, 5.41) is 28.2. The summed E-state index contributed by atoms with van der Waals surface area (Å²) >= 11 is 0. The third-order valence-corrected chi connectivity index (χ3v) is 7.08. The van der Waals surface area contributed by atoms with Crippen LogP contribution in [0.2, 0.25) is 0 Å². The number of carboxylic acids is 1. The monoisotopic (exact) mass is 490 g/mol. The normalized spacial score (nSPS) is 18.4. The topological polar surface area (TPSA) is 113 Å². The predicted octanol–water partition coefficient (Wildman–Crippen LogP) is 5.19. The Morgan fingerprint density at radius 1 is 1.36 bits per heavy atom. The number of ether oxygens (including phenoxy) is 2. The van der Waals surface area contributed by atoms with E-state index in [4.69, 9.17) is 9.47 Å². The maximum absolute atomic E-state index is 14.4. The molecule has 5 rings (SSSR count). The van der Waals surface area contributed by atoms with Crippen LogP contribution in [0.3, 0.4) is 0 Å². The summed E-state index contributed by atoms with van der Waals surface area (Å²) in [7, 11) is 1.43. The van der Waals surface area contributed by atoms with E-state index in [2.05, 4.69) is 20.8 Å². The second-order valence-corrected chi connectivity index (χ2v) is 9.90. The van der Waals surface area contributed by atoms with Crippen molar-refractivity contribution in [3.63, 3.8) is 0 Å². The molecular formula is C27H27FN4O4. The number of H-pyrrole nitrogens is 1. The zero-order chi connectivity index (χ0) is 25.6. The lowest BCUT2D eigenvalue weighted by Crippen LogP contribution is -2.32. The van der Waals surface area contributed by atoms with Gasteiger partial charge in [-0.05, 0) is 42.7 Å². The Morgan fingerprint density at radius 2 is 2.17 bits per heavy atom. The van der Waals surface area contributed by atoms with Crippen molar-refractivity contribution >= 4 is 27.8 Å². The van der Waals surface area contributed by atoms with Crippen LogP contribution >= 0.6 is 0 Å². The van der Waals surface area contributed by atoms with Crippen LogP contribution in [0.5, 0.6) is 5.75 Å². The third-order valence-electron chi connectivity index (χ3n) is 7.08. The van der Waals surface area contributed by atoms with Crippen LogP contribution in [-0.2, 0) is 14.9 Å². The lowest BCUT2D eigenvalue weighted by atomic mass is 9.78. The fraction of sp³-hybridized carbons (Fsp3) is 0.370. The molecule has 1 aliphatic heterocycles. The van der Waals surface area contributed by atoms with Crippen molar-refractivity contribution in [2.24, 2.45) is 0 Å². The van der Waals surface area contributed by atoms with E-state index in [1.807, 2.05) is 26.0 Å². The van der Waals surface area contributed by atoms with Gasteiger partial charge in [0.25, 0.3) is 0 Å². The number of carbonyl (C=O) groups is 1. The zero-order valence-electron chi connectivity index (χ0n) is 20.3. The third kappa shape index (κ3) is 3.88. The number of hydrogen-bond acceptors (Lipinski definition) is 5. The average Bonchev–Trinajstić information content (AvgIpc) is 3.45. The van der Waals surface area contributed by atoms with Gasteiger partial charge in [0, 0.05) is 46.0 Å². The van der Waals surface area contributed by atoms with Crippen molar-refractivity contribution in [1.82, 2.24) is 14.8 Å². The van der Waals surface area contributed by atoms with Crippen molar-refractivity contribution in [3.05, 3.63) is 53.6 Å². The summed E-state index contributed by atoms with van der Waals surface area (Å²) < 4.78 is 27.5. The van der Waals surface area contributed by atoms with Gasteiger partial charge in [0.15, 0.2) is 17.7 Å². The van der Waals surface area contributed by atoms with Crippen LogP contribution in [-0.4, -0.2) is 45.7 Å². The molecule has 9 heteroatoms. The minimum absolute atomic E-state index is 0.0833. The summed E-state index contributed by atoms with van der Waals surface area (Å²) in [6.07, 6.45) is 2.18. The number of nitriles is 1. The first kappa shape index (κ1) is 23.8. The number of halogens is 1. The predicted molar refractivity (Wildman–Crippen MR) is 132 cm³/mol. The van der Waals surface area contributed by atoms with Crippen LogP contribution < -0.4 is 4.74 Å². The summed E-state index contributed by atoms with van der Waals surface area (Å²) in [4.78, 5) is 11.5. The zero-order valence-corrected chi connectivity index (χ0v) is 20.3. The van der Waals surface area contributed by atoms with Gasteiger partial charge in [0.2, 0.25) is 0 Å². The molecular weight excluding hydrogens is 463 g/mol. The molecule has 2 atom stereocenters. The van der Waals surface area contributed by atoms with Crippen molar-refractivity contribution in [2.75, 3.05) is 13.7 Å². The molecule has 1 saturated heterocycles. The van der Waals surface area contributed by atoms with Gasteiger partial charge in [-0.1, -0.05) is 13.8 Å². The standard InChI is InChI=1S/C27H27FN4O4/c1-27(2,8-9-29)25-24(15-4-7-22(26(33)34)36-14-15)18-12-20-16(13-30-31-20)10-21(18)32(25)17-5-6-19(28)23(11-17)35-3/h5-6,10-13,15,22H,4,7-8,14H2,1-3H3,(H,30,31)(H,33,34)/t15?,22-/m1/s1. The lowest BCUT2D eigenvalue weighted by molar-refractivity contribution is -0.153. The average molecular weight is 491 g/mol. The molecule has 0 amide bonds. The smallest absolute Gasteiger partial charge is 0.332 e. The molecule has 0 radical (unpaired) electrons. The molecule has 186 valence electrons. The number of nitrogens with one attached hydrogen (secondary N) is 1. The van der Waals surface area contributed by atoms with Crippen molar-refractivity contribution < 1.29 is 23.8 Å². The number of benzene rings is 2. The van der Waals surface area contributed by atoms with Gasteiger partial charge in [0.1, 0.15) is 0 Å². The molecule has 1 fully saturated rings. The molecule has 8 nitrogen and oxygen atoms in total. The van der Waals surface area contributed by atoms with Crippen LogP contribution in [0, 0.1) is 17.1 Å². The van der Waals surface area contributed by atoms with Crippen LogP contribution in [0.1, 0.15) is 50.3 Å². The SMILES string of the molecule is COc1cc(-n2c(C(C)(C)CC#N)c(C3CC[C@H](C(=O)O)OC3)c3cc4[nH]ncc4cc32)ccc1F. The first-order valence-corrected chi connectivity index (χ1v) is 11.8. The van der Waals surface area contributed by atoms with Crippen LogP contribution in [0.4, 0.5) is 4.39 Å². The quantitative estimate of drug-likeness (QED) is 0.384. The number of nitrogens with zero attached hydrogens (tertiary/aromatic N) is 3. The van der Waals surface area contributed by atoms with Gasteiger partial charge in [0.05, 0.1) is 37.0 Å². The number of carboxylic acid groups (broad SMARTS) is 1. The van der Waals surface area contributed by atoms with E-state index in [1.54, 1.807) is 18.3 Å². The minimum atomic E-state index is -0.960. The second-order valence-electron chi connectivity index (χ2n) is 9.90.